The number of carboxylic acids is 1. The number of hydrogen-bond donors (Lipinski definition) is 2. The topological polar surface area (TPSA) is 57.5 Å². The summed E-state index contributed by atoms with van der Waals surface area (Å²) in [6, 6.07) is 10.9. The molecule has 2 aromatic carbocycles. The largest absolute Gasteiger partial charge is 0.478 e. The highest BCUT2D eigenvalue weighted by Crippen LogP contribution is 2.44. The second-order valence-corrected chi connectivity index (χ2v) is 8.95. The van der Waals surface area contributed by atoms with E-state index in [1.54, 1.807) is 24.3 Å². The zero-order valence-corrected chi connectivity index (χ0v) is 17.7. The summed E-state index contributed by atoms with van der Waals surface area (Å²) in [7, 11) is 0. The smallest absolute Gasteiger partial charge is 0.335 e. The molecule has 1 saturated carbocycles. The van der Waals surface area contributed by atoms with E-state index >= 15 is 0 Å². The van der Waals surface area contributed by atoms with Gasteiger partial charge in [-0.3, -0.25) is 0 Å². The van der Waals surface area contributed by atoms with Crippen LogP contribution in [-0.2, 0) is 12.8 Å². The number of aryl methyl sites for hydroxylation is 1. The molecule has 0 aliphatic heterocycles. The summed E-state index contributed by atoms with van der Waals surface area (Å²) in [5.74, 6) is -2.51. The number of alkyl halides is 1. The van der Waals surface area contributed by atoms with E-state index in [2.05, 4.69) is 0 Å². The van der Waals surface area contributed by atoms with Crippen molar-refractivity contribution in [3.05, 3.63) is 70.8 Å². The number of aromatic carboxylic acids is 1. The summed E-state index contributed by atoms with van der Waals surface area (Å²) in [5, 5.41) is 19.6. The van der Waals surface area contributed by atoms with Crippen molar-refractivity contribution in [3.63, 3.8) is 0 Å². The quantitative estimate of drug-likeness (QED) is 0.539. The van der Waals surface area contributed by atoms with E-state index in [4.69, 9.17) is 16.7 Å². The number of aliphatic hydroxyl groups excluding tert-OH is 1. The Balaban J connectivity index is 1.63. The van der Waals surface area contributed by atoms with Gasteiger partial charge in [-0.1, -0.05) is 25.1 Å². The second kappa shape index (κ2) is 9.88. The molecule has 3 nitrogen and oxygen atoms in total. The van der Waals surface area contributed by atoms with Gasteiger partial charge in [0, 0.05) is 5.38 Å². The minimum Gasteiger partial charge on any atom is -0.478 e. The Hall–Kier alpha value is -1.98. The van der Waals surface area contributed by atoms with Crippen LogP contribution >= 0.6 is 11.6 Å². The molecule has 0 bridgehead atoms. The highest BCUT2D eigenvalue weighted by molar-refractivity contribution is 6.21. The van der Waals surface area contributed by atoms with Gasteiger partial charge < -0.3 is 10.2 Å². The van der Waals surface area contributed by atoms with Crippen LogP contribution < -0.4 is 0 Å². The molecule has 162 valence electrons. The highest BCUT2D eigenvalue weighted by atomic mass is 35.5. The van der Waals surface area contributed by atoms with Crippen molar-refractivity contribution in [2.24, 2.45) is 17.8 Å². The van der Waals surface area contributed by atoms with E-state index in [1.807, 2.05) is 13.0 Å². The Morgan fingerprint density at radius 1 is 1.17 bits per heavy atom. The first-order valence-electron chi connectivity index (χ1n) is 10.3. The van der Waals surface area contributed by atoms with Crippen molar-refractivity contribution in [2.75, 3.05) is 0 Å². The van der Waals surface area contributed by atoms with Gasteiger partial charge in [0.25, 0.3) is 0 Å². The van der Waals surface area contributed by atoms with Crippen LogP contribution in [0.5, 0.6) is 0 Å². The molecule has 3 rings (SSSR count). The van der Waals surface area contributed by atoms with Crippen molar-refractivity contribution < 1.29 is 23.8 Å². The molecule has 2 aromatic rings. The molecule has 6 heteroatoms. The molecule has 0 saturated heterocycles. The third-order valence-electron chi connectivity index (χ3n) is 6.25. The maximum Gasteiger partial charge on any atom is 0.335 e. The minimum atomic E-state index is -0.942. The molecule has 1 fully saturated rings. The van der Waals surface area contributed by atoms with Gasteiger partial charge in [-0.25, -0.2) is 13.6 Å². The lowest BCUT2D eigenvalue weighted by molar-refractivity contribution is 0.0696. The van der Waals surface area contributed by atoms with Crippen LogP contribution in [0, 0.1) is 29.4 Å². The number of rotatable bonds is 8. The van der Waals surface area contributed by atoms with E-state index in [-0.39, 0.29) is 28.7 Å². The van der Waals surface area contributed by atoms with E-state index in [0.29, 0.717) is 18.4 Å². The lowest BCUT2D eigenvalue weighted by atomic mass is 9.78. The fourth-order valence-corrected chi connectivity index (χ4v) is 5.32. The standard InChI is InChI=1S/C24H27ClF2O3/c1-14(10-16-8-9-20(26)21(27)12-16)23-18(19(25)13-22(23)28)7-3-5-15-4-2-6-17(11-15)24(29)30/h2,4,6,8-9,11-12,14,18-19,22-23,28H,3,5,7,10,13H2,1H3,(H,29,30)/t14?,18-,19+,22+,23+/m0/s1. The van der Waals surface area contributed by atoms with Crippen molar-refractivity contribution in [3.8, 4) is 0 Å². The number of halogens is 3. The van der Waals surface area contributed by atoms with Gasteiger partial charge in [-0.15, -0.1) is 11.6 Å². The Morgan fingerprint density at radius 3 is 2.63 bits per heavy atom. The van der Waals surface area contributed by atoms with Crippen molar-refractivity contribution in [1.29, 1.82) is 0 Å². The lowest BCUT2D eigenvalue weighted by Crippen LogP contribution is -2.29. The van der Waals surface area contributed by atoms with Crippen LogP contribution in [0.2, 0.25) is 0 Å². The van der Waals surface area contributed by atoms with Crippen LogP contribution in [0.1, 0.15) is 47.7 Å². The van der Waals surface area contributed by atoms with Crippen molar-refractivity contribution >= 4 is 17.6 Å². The molecule has 0 aromatic heterocycles. The maximum atomic E-state index is 13.5. The molecule has 1 aliphatic rings. The molecule has 0 heterocycles. The first-order valence-corrected chi connectivity index (χ1v) is 10.8. The van der Waals surface area contributed by atoms with E-state index in [0.717, 1.165) is 30.9 Å². The Kier molecular flexibility index (Phi) is 7.48. The summed E-state index contributed by atoms with van der Waals surface area (Å²) in [6.45, 7) is 2.02. The van der Waals surface area contributed by atoms with Crippen molar-refractivity contribution in [1.82, 2.24) is 0 Å². The summed E-state index contributed by atoms with van der Waals surface area (Å²) in [6.07, 6.45) is 2.93. The summed E-state index contributed by atoms with van der Waals surface area (Å²) in [5.41, 5.74) is 1.94. The fourth-order valence-electron chi connectivity index (χ4n) is 4.84. The molecule has 0 radical (unpaired) electrons. The van der Waals surface area contributed by atoms with Crippen LogP contribution in [0.3, 0.4) is 0 Å². The zero-order chi connectivity index (χ0) is 21.8. The Bertz CT molecular complexity index is 889. The third-order valence-corrected chi connectivity index (χ3v) is 6.75. The zero-order valence-electron chi connectivity index (χ0n) is 16.9. The van der Waals surface area contributed by atoms with Gasteiger partial charge in [-0.05, 0) is 85.3 Å². The molecule has 30 heavy (non-hydrogen) atoms. The first-order chi connectivity index (χ1) is 14.3. The maximum absolute atomic E-state index is 13.5. The Labute approximate surface area is 180 Å². The molecule has 1 unspecified atom stereocenters. The number of carboxylic acid groups (broad SMARTS) is 1. The van der Waals surface area contributed by atoms with Gasteiger partial charge >= 0.3 is 5.97 Å². The van der Waals surface area contributed by atoms with E-state index in [9.17, 15) is 18.7 Å². The van der Waals surface area contributed by atoms with Gasteiger partial charge in [0.05, 0.1) is 11.7 Å². The number of carbonyl (C=O) groups is 1. The average molecular weight is 437 g/mol. The monoisotopic (exact) mass is 436 g/mol. The average Bonchev–Trinajstić information content (AvgIpc) is 2.98. The minimum absolute atomic E-state index is 0.0223. The molecule has 1 aliphatic carbocycles. The van der Waals surface area contributed by atoms with Crippen LogP contribution in [0.15, 0.2) is 42.5 Å². The van der Waals surface area contributed by atoms with Crippen molar-refractivity contribution in [2.45, 2.75) is 50.5 Å². The van der Waals surface area contributed by atoms with Gasteiger partial charge in [0.2, 0.25) is 0 Å². The Morgan fingerprint density at radius 2 is 1.93 bits per heavy atom. The van der Waals surface area contributed by atoms with Gasteiger partial charge in [0.15, 0.2) is 11.6 Å². The van der Waals surface area contributed by atoms with Gasteiger partial charge in [-0.2, -0.15) is 0 Å². The third kappa shape index (κ3) is 5.38. The molecular formula is C24H27ClF2O3. The van der Waals surface area contributed by atoms with E-state index < -0.39 is 23.7 Å². The summed E-state index contributed by atoms with van der Waals surface area (Å²) < 4.78 is 26.7. The molecule has 2 N–H and O–H groups in total. The highest BCUT2D eigenvalue weighted by Gasteiger charge is 2.43. The molecular weight excluding hydrogens is 410 g/mol. The summed E-state index contributed by atoms with van der Waals surface area (Å²) >= 11 is 6.56. The van der Waals surface area contributed by atoms with Crippen LogP contribution in [0.25, 0.3) is 0 Å². The molecule has 0 spiro atoms. The van der Waals surface area contributed by atoms with Gasteiger partial charge in [0.1, 0.15) is 0 Å². The molecule has 0 amide bonds. The van der Waals surface area contributed by atoms with Crippen LogP contribution in [-0.4, -0.2) is 27.7 Å². The number of benzene rings is 2. The fraction of sp³-hybridized carbons (Fsp3) is 0.458. The van der Waals surface area contributed by atoms with Crippen LogP contribution in [0.4, 0.5) is 8.78 Å². The normalized spacial score (nSPS) is 24.7. The summed E-state index contributed by atoms with van der Waals surface area (Å²) in [4.78, 5) is 11.1. The SMILES string of the molecule is CC(Cc1ccc(F)c(F)c1)[C@@H]1[C@@H](CCCc2cccc(C(=O)O)c2)[C@H](Cl)C[C@H]1O. The predicted octanol–water partition coefficient (Wildman–Crippen LogP) is 5.47. The second-order valence-electron chi connectivity index (χ2n) is 8.39. The lowest BCUT2D eigenvalue weighted by Gasteiger charge is -2.29. The van der Waals surface area contributed by atoms with E-state index in [1.165, 1.54) is 6.07 Å². The first kappa shape index (κ1) is 22.7. The number of aliphatic hydroxyl groups is 1. The number of hydrogen-bond acceptors (Lipinski definition) is 2. The predicted molar refractivity (Wildman–Crippen MR) is 113 cm³/mol. The molecule has 5 atom stereocenters.